The number of methoxy groups -OCH3 is 1. The summed E-state index contributed by atoms with van der Waals surface area (Å²) in [5, 5.41) is 0. The lowest BCUT2D eigenvalue weighted by Gasteiger charge is -2.51. The molecule has 6 heteroatoms. The van der Waals surface area contributed by atoms with Crippen LogP contribution in [0.4, 0.5) is 5.69 Å². The largest absolute Gasteiger partial charge is 0.469 e. The lowest BCUT2D eigenvalue weighted by Crippen LogP contribution is -2.66. The van der Waals surface area contributed by atoms with Crippen molar-refractivity contribution in [3.8, 4) is 0 Å². The van der Waals surface area contributed by atoms with Gasteiger partial charge < -0.3 is 14.5 Å². The van der Waals surface area contributed by atoms with E-state index in [0.717, 1.165) is 43.3 Å². The van der Waals surface area contributed by atoms with Gasteiger partial charge in [0.05, 0.1) is 18.6 Å². The van der Waals surface area contributed by atoms with E-state index >= 15 is 0 Å². The van der Waals surface area contributed by atoms with Crippen LogP contribution in [0.15, 0.2) is 24.3 Å². The van der Waals surface area contributed by atoms with Crippen LogP contribution < -0.4 is 4.90 Å². The first-order valence-corrected chi connectivity index (χ1v) is 10.6. The molecule has 29 heavy (non-hydrogen) atoms. The molecule has 2 amide bonds. The van der Waals surface area contributed by atoms with Gasteiger partial charge in [0.25, 0.3) is 0 Å². The summed E-state index contributed by atoms with van der Waals surface area (Å²) in [7, 11) is 1.44. The van der Waals surface area contributed by atoms with Crippen molar-refractivity contribution in [1.29, 1.82) is 0 Å². The number of anilines is 1. The standard InChI is InChI=1S/C23H28N2O4/c1-4-9-21-12-17(19(28)29-3)23(15(21)2)22(10-11-24(13-26)20(21)22)16-7-5-6-8-18(16)25(23)14-27/h5-8,13-15,17,20H,4,9-12H2,1-3H3/t15?,17-,20+,21-,22+,23-/m1/s1. The Bertz CT molecular complexity index is 903. The number of nitrogens with zero attached hydrogens (tertiary/aromatic N) is 2. The summed E-state index contributed by atoms with van der Waals surface area (Å²) in [6, 6.07) is 8.02. The average Bonchev–Trinajstić information content (AvgIpc) is 3.38. The highest BCUT2D eigenvalue weighted by atomic mass is 16.5. The Kier molecular flexibility index (Phi) is 3.75. The number of para-hydroxylation sites is 1. The molecule has 1 aromatic carbocycles. The SMILES string of the molecule is CCC[C@@]12C[C@H](C(=O)OC)[C@@]3(C1C)N(C=O)c1ccccc1[C@]31CCN(C=O)[C@@H]21. The van der Waals surface area contributed by atoms with Crippen LogP contribution in [0.3, 0.4) is 0 Å². The maximum absolute atomic E-state index is 13.1. The van der Waals surface area contributed by atoms with Crippen molar-refractivity contribution in [3.63, 3.8) is 0 Å². The number of hydrogen-bond donors (Lipinski definition) is 0. The summed E-state index contributed by atoms with van der Waals surface area (Å²) >= 11 is 0. The number of ether oxygens (including phenoxy) is 1. The van der Waals surface area contributed by atoms with Gasteiger partial charge >= 0.3 is 5.97 Å². The quantitative estimate of drug-likeness (QED) is 0.567. The van der Waals surface area contributed by atoms with Gasteiger partial charge in [-0.2, -0.15) is 0 Å². The Labute approximate surface area is 171 Å². The molecule has 2 heterocycles. The summed E-state index contributed by atoms with van der Waals surface area (Å²) < 4.78 is 5.29. The first-order chi connectivity index (χ1) is 14.0. The smallest absolute Gasteiger partial charge is 0.311 e. The molecule has 0 N–H and O–H groups in total. The van der Waals surface area contributed by atoms with Crippen LogP contribution in [0.5, 0.6) is 0 Å². The van der Waals surface area contributed by atoms with E-state index in [2.05, 4.69) is 19.9 Å². The van der Waals surface area contributed by atoms with Crippen molar-refractivity contribution in [2.24, 2.45) is 17.3 Å². The Hall–Kier alpha value is -2.37. The minimum absolute atomic E-state index is 0.00513. The molecule has 2 spiro atoms. The molecule has 2 saturated carbocycles. The van der Waals surface area contributed by atoms with E-state index in [0.29, 0.717) is 13.0 Å². The number of fused-ring (bicyclic) bond motifs is 3. The van der Waals surface area contributed by atoms with E-state index in [1.807, 2.05) is 28.0 Å². The lowest BCUT2D eigenvalue weighted by atomic mass is 9.57. The molecule has 0 aromatic heterocycles. The number of rotatable bonds is 5. The maximum atomic E-state index is 13.1. The van der Waals surface area contributed by atoms with E-state index in [4.69, 9.17) is 4.74 Å². The maximum Gasteiger partial charge on any atom is 0.311 e. The van der Waals surface area contributed by atoms with Crippen LogP contribution in [-0.2, 0) is 24.5 Å². The fourth-order valence-corrected chi connectivity index (χ4v) is 8.53. The zero-order valence-electron chi connectivity index (χ0n) is 17.3. The number of carbonyl (C=O) groups is 3. The number of benzene rings is 1. The van der Waals surface area contributed by atoms with E-state index in [1.54, 1.807) is 0 Å². The second-order valence-corrected chi connectivity index (χ2v) is 9.27. The highest BCUT2D eigenvalue weighted by molar-refractivity contribution is 5.92. The highest BCUT2D eigenvalue weighted by Gasteiger charge is 2.87. The monoisotopic (exact) mass is 396 g/mol. The van der Waals surface area contributed by atoms with Gasteiger partial charge in [-0.3, -0.25) is 14.4 Å². The normalized spacial score (nSPS) is 41.1. The summed E-state index contributed by atoms with van der Waals surface area (Å²) in [6.45, 7) is 5.01. The Morgan fingerprint density at radius 2 is 2.03 bits per heavy atom. The number of amides is 2. The number of hydrogen-bond acceptors (Lipinski definition) is 4. The predicted octanol–water partition coefficient (Wildman–Crippen LogP) is 2.50. The van der Waals surface area contributed by atoms with Crippen LogP contribution in [0.1, 0.15) is 45.1 Å². The van der Waals surface area contributed by atoms with Gasteiger partial charge in [0, 0.05) is 23.7 Å². The number of esters is 1. The first-order valence-electron chi connectivity index (χ1n) is 10.6. The summed E-state index contributed by atoms with van der Waals surface area (Å²) in [6.07, 6.45) is 5.21. The van der Waals surface area contributed by atoms with Gasteiger partial charge in [-0.15, -0.1) is 0 Å². The second-order valence-electron chi connectivity index (χ2n) is 9.27. The molecule has 4 aliphatic rings. The fraction of sp³-hybridized carbons (Fsp3) is 0.609. The van der Waals surface area contributed by atoms with E-state index in [1.165, 1.54) is 7.11 Å². The van der Waals surface area contributed by atoms with Gasteiger partial charge in [-0.25, -0.2) is 0 Å². The van der Waals surface area contributed by atoms with Crippen LogP contribution in [0.25, 0.3) is 0 Å². The van der Waals surface area contributed by atoms with E-state index < -0.39 is 16.9 Å². The van der Waals surface area contributed by atoms with Gasteiger partial charge in [-0.05, 0) is 42.2 Å². The van der Waals surface area contributed by atoms with Gasteiger partial charge in [0.2, 0.25) is 12.8 Å². The van der Waals surface area contributed by atoms with E-state index in [9.17, 15) is 14.4 Å². The minimum Gasteiger partial charge on any atom is -0.469 e. The molecular formula is C23H28N2O4. The molecule has 2 aliphatic carbocycles. The predicted molar refractivity (Wildman–Crippen MR) is 107 cm³/mol. The lowest BCUT2D eigenvalue weighted by molar-refractivity contribution is -0.150. The molecule has 5 rings (SSSR count). The topological polar surface area (TPSA) is 66.9 Å². The third-order valence-corrected chi connectivity index (χ3v) is 8.94. The molecule has 2 bridgehead atoms. The third-order valence-electron chi connectivity index (χ3n) is 8.94. The zero-order chi connectivity index (χ0) is 20.6. The molecule has 6 atom stereocenters. The molecule has 1 unspecified atom stereocenters. The van der Waals surface area contributed by atoms with Crippen molar-refractivity contribution in [3.05, 3.63) is 29.8 Å². The molecular weight excluding hydrogens is 368 g/mol. The Balaban J connectivity index is 1.88. The van der Waals surface area contributed by atoms with Crippen LogP contribution in [0, 0.1) is 17.3 Å². The minimum atomic E-state index is -0.691. The number of carbonyl (C=O) groups excluding carboxylic acids is 3. The summed E-state index contributed by atoms with van der Waals surface area (Å²) in [4.78, 5) is 41.7. The van der Waals surface area contributed by atoms with Gasteiger partial charge in [-0.1, -0.05) is 38.5 Å². The van der Waals surface area contributed by atoms with Crippen LogP contribution in [-0.4, -0.2) is 48.9 Å². The van der Waals surface area contributed by atoms with Crippen molar-refractivity contribution >= 4 is 24.5 Å². The molecule has 2 aliphatic heterocycles. The summed E-state index contributed by atoms with van der Waals surface area (Å²) in [5.41, 5.74) is 0.660. The molecule has 154 valence electrons. The van der Waals surface area contributed by atoms with Crippen molar-refractivity contribution in [2.45, 2.75) is 56.5 Å². The molecule has 1 saturated heterocycles. The van der Waals surface area contributed by atoms with Crippen molar-refractivity contribution < 1.29 is 19.1 Å². The van der Waals surface area contributed by atoms with Crippen LogP contribution in [0.2, 0.25) is 0 Å². The molecule has 6 nitrogen and oxygen atoms in total. The van der Waals surface area contributed by atoms with E-state index in [-0.39, 0.29) is 23.3 Å². The first kappa shape index (κ1) is 18.6. The summed E-state index contributed by atoms with van der Waals surface area (Å²) in [5.74, 6) is -0.559. The van der Waals surface area contributed by atoms with Crippen molar-refractivity contribution in [2.75, 3.05) is 18.6 Å². The van der Waals surface area contributed by atoms with Crippen LogP contribution >= 0.6 is 0 Å². The van der Waals surface area contributed by atoms with Gasteiger partial charge in [0.1, 0.15) is 0 Å². The second kappa shape index (κ2) is 5.83. The zero-order valence-corrected chi connectivity index (χ0v) is 17.3. The average molecular weight is 396 g/mol. The van der Waals surface area contributed by atoms with Gasteiger partial charge in [0.15, 0.2) is 0 Å². The Morgan fingerprint density at radius 1 is 1.28 bits per heavy atom. The molecule has 3 fully saturated rings. The highest BCUT2D eigenvalue weighted by Crippen LogP contribution is 2.80. The fourth-order valence-electron chi connectivity index (χ4n) is 8.53. The molecule has 1 aromatic rings. The Morgan fingerprint density at radius 3 is 2.69 bits per heavy atom. The van der Waals surface area contributed by atoms with Crippen molar-refractivity contribution in [1.82, 2.24) is 4.90 Å². The number of likely N-dealkylation sites (tertiary alicyclic amines) is 1. The third kappa shape index (κ3) is 1.67. The molecule has 0 radical (unpaired) electrons.